The summed E-state index contributed by atoms with van der Waals surface area (Å²) in [7, 11) is 3.19. The van der Waals surface area contributed by atoms with Crippen LogP contribution in [0, 0.1) is 11.8 Å². The van der Waals surface area contributed by atoms with E-state index in [0.717, 1.165) is 36.8 Å². The predicted molar refractivity (Wildman–Crippen MR) is 96.1 cm³/mol. The highest BCUT2D eigenvalue weighted by Gasteiger charge is 2.39. The van der Waals surface area contributed by atoms with E-state index in [9.17, 15) is 5.11 Å². The zero-order valence-electron chi connectivity index (χ0n) is 14.6. The van der Waals surface area contributed by atoms with Gasteiger partial charge in [0.2, 0.25) is 5.95 Å². The molecule has 1 aliphatic carbocycles. The summed E-state index contributed by atoms with van der Waals surface area (Å²) in [6.07, 6.45) is 3.11. The lowest BCUT2D eigenvalue weighted by Crippen LogP contribution is -2.52. The van der Waals surface area contributed by atoms with Gasteiger partial charge in [0.25, 0.3) is 0 Å². The van der Waals surface area contributed by atoms with Crippen LogP contribution in [0.2, 0.25) is 0 Å². The largest absolute Gasteiger partial charge is 0.493 e. The van der Waals surface area contributed by atoms with E-state index in [2.05, 4.69) is 9.88 Å². The Bertz CT molecular complexity index is 783. The molecule has 1 aromatic heterocycles. The standard InChI is InChI=1S/C18H24N4O3/c1-24-14-6-12-13(7-15(14)25-2)20-18(21-17(12)19)22-8-10-4-3-5-11(9-22)16(10)23/h6-7,10-11,16,23H,3-5,8-9H2,1-2H3,(H2,19,20,21). The van der Waals surface area contributed by atoms with Crippen LogP contribution in [0.3, 0.4) is 0 Å². The lowest BCUT2D eigenvalue weighted by atomic mass is 9.75. The van der Waals surface area contributed by atoms with Crippen molar-refractivity contribution in [3.05, 3.63) is 12.1 Å². The molecule has 7 nitrogen and oxygen atoms in total. The number of aliphatic hydroxyl groups excluding tert-OH is 1. The van der Waals surface area contributed by atoms with E-state index in [1.807, 2.05) is 12.1 Å². The van der Waals surface area contributed by atoms with Gasteiger partial charge in [-0.15, -0.1) is 0 Å². The van der Waals surface area contributed by atoms with E-state index in [-0.39, 0.29) is 6.10 Å². The number of hydrogen-bond acceptors (Lipinski definition) is 7. The summed E-state index contributed by atoms with van der Waals surface area (Å²) >= 11 is 0. The molecule has 2 bridgehead atoms. The topological polar surface area (TPSA) is 93.7 Å². The summed E-state index contributed by atoms with van der Waals surface area (Å²) in [5.41, 5.74) is 6.93. The van der Waals surface area contributed by atoms with E-state index in [0.29, 0.717) is 35.1 Å². The van der Waals surface area contributed by atoms with Gasteiger partial charge in [0, 0.05) is 36.4 Å². The number of nitrogen functional groups attached to an aromatic ring is 1. The number of aliphatic hydroxyl groups is 1. The average molecular weight is 344 g/mol. The Kier molecular flexibility index (Phi) is 4.03. The Hall–Kier alpha value is -2.28. The number of ether oxygens (including phenoxy) is 2. The van der Waals surface area contributed by atoms with Crippen molar-refractivity contribution >= 4 is 22.7 Å². The Morgan fingerprint density at radius 2 is 1.72 bits per heavy atom. The third kappa shape index (κ3) is 2.72. The molecule has 0 amide bonds. The van der Waals surface area contributed by atoms with Crippen LogP contribution in [-0.2, 0) is 0 Å². The number of benzene rings is 1. The van der Waals surface area contributed by atoms with E-state index in [1.165, 1.54) is 6.42 Å². The molecule has 4 rings (SSSR count). The second kappa shape index (κ2) is 6.22. The highest BCUT2D eigenvalue weighted by molar-refractivity contribution is 5.91. The number of methoxy groups -OCH3 is 2. The molecule has 1 saturated carbocycles. The molecule has 2 unspecified atom stereocenters. The zero-order chi connectivity index (χ0) is 17.6. The van der Waals surface area contributed by atoms with Crippen molar-refractivity contribution in [3.8, 4) is 11.5 Å². The van der Waals surface area contributed by atoms with Crippen LogP contribution in [0.25, 0.3) is 10.9 Å². The molecule has 1 aromatic carbocycles. The maximum absolute atomic E-state index is 10.4. The summed E-state index contributed by atoms with van der Waals surface area (Å²) in [5.74, 6) is 2.86. The fourth-order valence-electron chi connectivity index (χ4n) is 4.18. The molecule has 2 aliphatic rings. The molecule has 0 spiro atoms. The molecule has 25 heavy (non-hydrogen) atoms. The molecule has 2 atom stereocenters. The summed E-state index contributed by atoms with van der Waals surface area (Å²) in [5, 5.41) is 11.1. The summed E-state index contributed by atoms with van der Waals surface area (Å²) < 4.78 is 10.7. The number of piperidine rings is 1. The van der Waals surface area contributed by atoms with Gasteiger partial charge in [0.15, 0.2) is 11.5 Å². The Morgan fingerprint density at radius 3 is 2.36 bits per heavy atom. The predicted octanol–water partition coefficient (Wildman–Crippen LogP) is 1.83. The van der Waals surface area contributed by atoms with Gasteiger partial charge in [-0.25, -0.2) is 4.98 Å². The van der Waals surface area contributed by atoms with Crippen molar-refractivity contribution in [1.29, 1.82) is 0 Å². The molecule has 134 valence electrons. The minimum atomic E-state index is -0.202. The summed E-state index contributed by atoms with van der Waals surface area (Å²) in [6.45, 7) is 1.55. The lowest BCUT2D eigenvalue weighted by molar-refractivity contribution is 0.00561. The number of aromatic nitrogens is 2. The first-order valence-electron chi connectivity index (χ1n) is 8.73. The van der Waals surface area contributed by atoms with Crippen LogP contribution in [0.4, 0.5) is 11.8 Å². The number of anilines is 2. The van der Waals surface area contributed by atoms with Gasteiger partial charge in [-0.1, -0.05) is 6.42 Å². The molecule has 3 N–H and O–H groups in total. The molecule has 2 heterocycles. The summed E-state index contributed by atoms with van der Waals surface area (Å²) in [6, 6.07) is 3.64. The normalized spacial score (nSPS) is 25.9. The monoisotopic (exact) mass is 344 g/mol. The fourth-order valence-corrected chi connectivity index (χ4v) is 4.18. The van der Waals surface area contributed by atoms with Gasteiger partial charge in [0.05, 0.1) is 25.8 Å². The van der Waals surface area contributed by atoms with Crippen molar-refractivity contribution in [3.63, 3.8) is 0 Å². The minimum absolute atomic E-state index is 0.202. The number of hydrogen-bond donors (Lipinski definition) is 2. The first-order chi connectivity index (χ1) is 12.1. The third-order valence-electron chi connectivity index (χ3n) is 5.53. The van der Waals surface area contributed by atoms with Crippen LogP contribution in [-0.4, -0.2) is 48.5 Å². The van der Waals surface area contributed by atoms with E-state index >= 15 is 0 Å². The molecule has 2 fully saturated rings. The van der Waals surface area contributed by atoms with Gasteiger partial charge in [0.1, 0.15) is 5.82 Å². The first kappa shape index (κ1) is 16.2. The van der Waals surface area contributed by atoms with Crippen LogP contribution in [0.5, 0.6) is 11.5 Å². The van der Waals surface area contributed by atoms with Crippen molar-refractivity contribution < 1.29 is 14.6 Å². The van der Waals surface area contributed by atoms with Crippen LogP contribution < -0.4 is 20.1 Å². The first-order valence-corrected chi connectivity index (χ1v) is 8.73. The maximum atomic E-state index is 10.4. The van der Waals surface area contributed by atoms with E-state index < -0.39 is 0 Å². The number of nitrogens with two attached hydrogens (primary N) is 1. The smallest absolute Gasteiger partial charge is 0.227 e. The Labute approximate surface area is 146 Å². The van der Waals surface area contributed by atoms with Crippen LogP contribution in [0.1, 0.15) is 19.3 Å². The maximum Gasteiger partial charge on any atom is 0.227 e. The Balaban J connectivity index is 1.73. The van der Waals surface area contributed by atoms with Crippen molar-refractivity contribution in [1.82, 2.24) is 9.97 Å². The quantitative estimate of drug-likeness (QED) is 0.877. The molecule has 7 heteroatoms. The molecule has 0 radical (unpaired) electrons. The van der Waals surface area contributed by atoms with Gasteiger partial charge in [-0.3, -0.25) is 0 Å². The molecular formula is C18H24N4O3. The van der Waals surface area contributed by atoms with Gasteiger partial charge in [-0.2, -0.15) is 4.98 Å². The van der Waals surface area contributed by atoms with Crippen molar-refractivity contribution in [2.75, 3.05) is 37.9 Å². The number of rotatable bonds is 3. The average Bonchev–Trinajstić information content (AvgIpc) is 2.60. The second-order valence-electron chi connectivity index (χ2n) is 6.98. The Morgan fingerprint density at radius 1 is 1.08 bits per heavy atom. The van der Waals surface area contributed by atoms with E-state index in [1.54, 1.807) is 14.2 Å². The second-order valence-corrected chi connectivity index (χ2v) is 6.98. The fraction of sp³-hybridized carbons (Fsp3) is 0.556. The number of fused-ring (bicyclic) bond motifs is 3. The van der Waals surface area contributed by atoms with Gasteiger partial charge < -0.3 is 25.2 Å². The minimum Gasteiger partial charge on any atom is -0.493 e. The highest BCUT2D eigenvalue weighted by Crippen LogP contribution is 2.38. The molecular weight excluding hydrogens is 320 g/mol. The SMILES string of the molecule is COc1cc2nc(N3CC4CCCC(C3)C4O)nc(N)c2cc1OC. The number of nitrogens with zero attached hydrogens (tertiary/aromatic N) is 3. The van der Waals surface area contributed by atoms with Gasteiger partial charge >= 0.3 is 0 Å². The highest BCUT2D eigenvalue weighted by atomic mass is 16.5. The lowest BCUT2D eigenvalue weighted by Gasteiger charge is -2.45. The van der Waals surface area contributed by atoms with Crippen LogP contribution >= 0.6 is 0 Å². The van der Waals surface area contributed by atoms with Crippen LogP contribution in [0.15, 0.2) is 12.1 Å². The molecule has 1 aliphatic heterocycles. The van der Waals surface area contributed by atoms with Gasteiger partial charge in [-0.05, 0) is 18.9 Å². The third-order valence-corrected chi connectivity index (χ3v) is 5.53. The zero-order valence-corrected chi connectivity index (χ0v) is 14.6. The molecule has 1 saturated heterocycles. The van der Waals surface area contributed by atoms with E-state index in [4.69, 9.17) is 20.2 Å². The summed E-state index contributed by atoms with van der Waals surface area (Å²) in [4.78, 5) is 11.4. The van der Waals surface area contributed by atoms with Crippen molar-refractivity contribution in [2.45, 2.75) is 25.4 Å². The molecule has 2 aromatic rings. The van der Waals surface area contributed by atoms with Crippen molar-refractivity contribution in [2.24, 2.45) is 11.8 Å².